The fraction of sp³-hybridized carbons (Fsp3) is 0.200. The minimum atomic E-state index is -0.243. The number of amides is 2. The lowest BCUT2D eigenvalue weighted by atomic mass is 10.1. The van der Waals surface area contributed by atoms with Gasteiger partial charge in [0.05, 0.1) is 16.2 Å². The Balaban J connectivity index is 2.11. The largest absolute Gasteiger partial charge is 0.272 e. The van der Waals surface area contributed by atoms with Crippen LogP contribution in [0.5, 0.6) is 0 Å². The normalized spacial score (nSPS) is 14.7. The van der Waals surface area contributed by atoms with Crippen molar-refractivity contribution in [3.63, 3.8) is 0 Å². The lowest BCUT2D eigenvalue weighted by Gasteiger charge is -2.16. The van der Waals surface area contributed by atoms with Crippen molar-refractivity contribution in [2.45, 2.75) is 20.8 Å². The molecule has 3 nitrogen and oxygen atoms in total. The standard InChI is InChI=1S/C20H19NO2S/c1-4-24-18-17(15-8-6-5-7-9-15)19(22)21(20(18)23)16-11-13(2)10-14(3)12-16/h5-12H,4H2,1-3H3. The first kappa shape index (κ1) is 16.5. The Kier molecular flexibility index (Phi) is 4.58. The monoisotopic (exact) mass is 337 g/mol. The molecule has 0 radical (unpaired) electrons. The van der Waals surface area contributed by atoms with E-state index in [4.69, 9.17) is 0 Å². The van der Waals surface area contributed by atoms with E-state index in [9.17, 15) is 9.59 Å². The van der Waals surface area contributed by atoms with Crippen molar-refractivity contribution in [1.29, 1.82) is 0 Å². The Morgan fingerprint density at radius 1 is 0.917 bits per heavy atom. The summed E-state index contributed by atoms with van der Waals surface area (Å²) in [7, 11) is 0. The zero-order chi connectivity index (χ0) is 17.3. The molecule has 0 saturated heterocycles. The van der Waals surface area contributed by atoms with Crippen molar-refractivity contribution >= 4 is 34.8 Å². The van der Waals surface area contributed by atoms with Gasteiger partial charge in [-0.15, -0.1) is 11.8 Å². The third-order valence-electron chi connectivity index (χ3n) is 3.86. The molecule has 0 unspecified atom stereocenters. The predicted molar refractivity (Wildman–Crippen MR) is 99.9 cm³/mol. The summed E-state index contributed by atoms with van der Waals surface area (Å²) >= 11 is 1.43. The second kappa shape index (κ2) is 6.65. The number of aryl methyl sites for hydroxylation is 2. The van der Waals surface area contributed by atoms with Gasteiger partial charge in [-0.1, -0.05) is 43.3 Å². The highest BCUT2D eigenvalue weighted by Crippen LogP contribution is 2.38. The minimum absolute atomic E-state index is 0.226. The number of imide groups is 1. The topological polar surface area (TPSA) is 37.4 Å². The fourth-order valence-electron chi connectivity index (χ4n) is 2.96. The molecule has 0 fully saturated rings. The summed E-state index contributed by atoms with van der Waals surface area (Å²) < 4.78 is 0. The van der Waals surface area contributed by atoms with Gasteiger partial charge in [-0.25, -0.2) is 4.90 Å². The molecular weight excluding hydrogens is 318 g/mol. The Morgan fingerprint density at radius 3 is 2.12 bits per heavy atom. The van der Waals surface area contributed by atoms with E-state index in [0.717, 1.165) is 22.4 Å². The smallest absolute Gasteiger partial charge is 0.268 e. The van der Waals surface area contributed by atoms with Crippen LogP contribution in [0.4, 0.5) is 5.69 Å². The highest BCUT2D eigenvalue weighted by Gasteiger charge is 2.39. The molecule has 1 heterocycles. The number of nitrogens with zero attached hydrogens (tertiary/aromatic N) is 1. The maximum absolute atomic E-state index is 13.1. The third kappa shape index (κ3) is 2.89. The van der Waals surface area contributed by atoms with Crippen molar-refractivity contribution in [1.82, 2.24) is 0 Å². The van der Waals surface area contributed by atoms with Gasteiger partial charge in [-0.2, -0.15) is 0 Å². The number of carbonyl (C=O) groups is 2. The summed E-state index contributed by atoms with van der Waals surface area (Å²) in [5.74, 6) is 0.272. The molecule has 0 aliphatic carbocycles. The fourth-order valence-corrected chi connectivity index (χ4v) is 3.81. The molecule has 122 valence electrons. The maximum Gasteiger partial charge on any atom is 0.272 e. The van der Waals surface area contributed by atoms with E-state index >= 15 is 0 Å². The summed E-state index contributed by atoms with van der Waals surface area (Å²) in [6.45, 7) is 5.92. The molecule has 0 saturated carbocycles. The van der Waals surface area contributed by atoms with E-state index in [-0.39, 0.29) is 11.8 Å². The molecule has 2 aromatic carbocycles. The van der Waals surface area contributed by atoms with Crippen LogP contribution in [0.1, 0.15) is 23.6 Å². The first-order chi connectivity index (χ1) is 11.5. The Morgan fingerprint density at radius 2 is 1.54 bits per heavy atom. The first-order valence-electron chi connectivity index (χ1n) is 7.92. The Hall–Kier alpha value is -2.33. The highest BCUT2D eigenvalue weighted by molar-refractivity contribution is 8.04. The SMILES string of the molecule is CCSC1=C(c2ccccc2)C(=O)N(c2cc(C)cc(C)c2)C1=O. The molecular formula is C20H19NO2S. The molecule has 0 bridgehead atoms. The molecule has 2 amide bonds. The van der Waals surface area contributed by atoms with Crippen LogP contribution >= 0.6 is 11.8 Å². The van der Waals surface area contributed by atoms with E-state index in [1.807, 2.05) is 69.3 Å². The molecule has 0 spiro atoms. The number of hydrogen-bond donors (Lipinski definition) is 0. The van der Waals surface area contributed by atoms with Gasteiger partial charge >= 0.3 is 0 Å². The zero-order valence-electron chi connectivity index (χ0n) is 14.0. The summed E-state index contributed by atoms with van der Waals surface area (Å²) in [6, 6.07) is 15.2. The van der Waals surface area contributed by atoms with Gasteiger partial charge in [0.1, 0.15) is 0 Å². The quantitative estimate of drug-likeness (QED) is 0.779. The van der Waals surface area contributed by atoms with E-state index in [1.54, 1.807) is 0 Å². The van der Waals surface area contributed by atoms with Crippen LogP contribution in [0, 0.1) is 13.8 Å². The molecule has 0 aromatic heterocycles. The molecule has 1 aliphatic heterocycles. The highest BCUT2D eigenvalue weighted by atomic mass is 32.2. The van der Waals surface area contributed by atoms with Gasteiger partial charge in [0.25, 0.3) is 11.8 Å². The summed E-state index contributed by atoms with van der Waals surface area (Å²) in [5.41, 5.74) is 4.00. The lowest BCUT2D eigenvalue weighted by Crippen LogP contribution is -2.31. The van der Waals surface area contributed by atoms with Crippen molar-refractivity contribution in [3.8, 4) is 0 Å². The third-order valence-corrected chi connectivity index (χ3v) is 4.81. The van der Waals surface area contributed by atoms with Crippen LogP contribution in [0.25, 0.3) is 5.57 Å². The number of hydrogen-bond acceptors (Lipinski definition) is 3. The summed E-state index contributed by atoms with van der Waals surface area (Å²) in [5, 5.41) is 0. The van der Waals surface area contributed by atoms with Crippen LogP contribution in [0.2, 0.25) is 0 Å². The second-order valence-corrected chi connectivity index (χ2v) is 7.07. The molecule has 0 N–H and O–H groups in total. The minimum Gasteiger partial charge on any atom is -0.268 e. The average molecular weight is 337 g/mol. The van der Waals surface area contributed by atoms with Gasteiger partial charge in [0.2, 0.25) is 0 Å². The van der Waals surface area contributed by atoms with Crippen molar-refractivity contribution < 1.29 is 9.59 Å². The summed E-state index contributed by atoms with van der Waals surface area (Å²) in [6.07, 6.45) is 0. The first-order valence-corrected chi connectivity index (χ1v) is 8.91. The number of anilines is 1. The van der Waals surface area contributed by atoms with Gasteiger partial charge in [-0.05, 0) is 48.4 Å². The van der Waals surface area contributed by atoms with Gasteiger partial charge in [-0.3, -0.25) is 9.59 Å². The second-order valence-electron chi connectivity index (χ2n) is 5.79. The van der Waals surface area contributed by atoms with Crippen LogP contribution in [0.15, 0.2) is 53.4 Å². The van der Waals surface area contributed by atoms with Crippen LogP contribution in [-0.4, -0.2) is 17.6 Å². The van der Waals surface area contributed by atoms with E-state index in [2.05, 4.69) is 0 Å². The van der Waals surface area contributed by atoms with Crippen molar-refractivity contribution in [2.75, 3.05) is 10.7 Å². The number of thioether (sulfide) groups is 1. The Labute approximate surface area is 146 Å². The van der Waals surface area contributed by atoms with Gasteiger partial charge in [0.15, 0.2) is 0 Å². The van der Waals surface area contributed by atoms with Crippen LogP contribution in [0.3, 0.4) is 0 Å². The van der Waals surface area contributed by atoms with Crippen LogP contribution < -0.4 is 4.90 Å². The van der Waals surface area contributed by atoms with E-state index < -0.39 is 0 Å². The molecule has 24 heavy (non-hydrogen) atoms. The predicted octanol–water partition coefficient (Wildman–Crippen LogP) is 4.34. The van der Waals surface area contributed by atoms with E-state index in [1.165, 1.54) is 16.7 Å². The van der Waals surface area contributed by atoms with Gasteiger partial charge < -0.3 is 0 Å². The van der Waals surface area contributed by atoms with E-state index in [0.29, 0.717) is 16.2 Å². The van der Waals surface area contributed by atoms with Gasteiger partial charge in [0, 0.05) is 0 Å². The molecule has 0 atom stereocenters. The average Bonchev–Trinajstić information content (AvgIpc) is 2.78. The van der Waals surface area contributed by atoms with Crippen LogP contribution in [-0.2, 0) is 9.59 Å². The van der Waals surface area contributed by atoms with Crippen molar-refractivity contribution in [2.24, 2.45) is 0 Å². The summed E-state index contributed by atoms with van der Waals surface area (Å²) in [4.78, 5) is 27.8. The Bertz CT molecular complexity index is 820. The maximum atomic E-state index is 13.1. The molecule has 3 rings (SSSR count). The number of rotatable bonds is 4. The molecule has 2 aromatic rings. The molecule has 1 aliphatic rings. The van der Waals surface area contributed by atoms with Crippen molar-refractivity contribution in [3.05, 3.63) is 70.1 Å². The number of benzene rings is 2. The molecule has 4 heteroatoms. The zero-order valence-corrected chi connectivity index (χ0v) is 14.8. The number of carbonyl (C=O) groups excluding carboxylic acids is 2. The lowest BCUT2D eigenvalue weighted by molar-refractivity contribution is -0.119.